The highest BCUT2D eigenvalue weighted by Gasteiger charge is 2.40. The number of morpholine rings is 1. The van der Waals surface area contributed by atoms with Crippen molar-refractivity contribution in [2.45, 2.75) is 25.6 Å². The van der Waals surface area contributed by atoms with E-state index >= 15 is 0 Å². The normalized spacial score (nSPS) is 18.8. The van der Waals surface area contributed by atoms with Gasteiger partial charge in [0.05, 0.1) is 18.8 Å². The molecule has 0 atom stereocenters. The Labute approximate surface area is 114 Å². The number of hydrogen-bond donors (Lipinski definition) is 1. The number of carbonyl (C=O) groups is 2. The summed E-state index contributed by atoms with van der Waals surface area (Å²) < 4.78 is 42.5. The Hall–Kier alpha value is -1.51. The van der Waals surface area contributed by atoms with Crippen LogP contribution < -0.4 is 0 Å². The number of amides is 2. The zero-order valence-corrected chi connectivity index (χ0v) is 11.2. The molecular formula is C11H17F3N2O4. The topological polar surface area (TPSA) is 70.1 Å². The first-order valence-corrected chi connectivity index (χ1v) is 5.96. The Bertz CT molecular complexity index is 384. The van der Waals surface area contributed by atoms with Gasteiger partial charge in [-0.15, -0.1) is 0 Å². The zero-order valence-electron chi connectivity index (χ0n) is 11.2. The van der Waals surface area contributed by atoms with E-state index in [0.717, 1.165) is 0 Å². The van der Waals surface area contributed by atoms with Crippen LogP contribution in [-0.2, 0) is 9.53 Å². The fraction of sp³-hybridized carbons (Fsp3) is 0.818. The van der Waals surface area contributed by atoms with E-state index in [-0.39, 0.29) is 24.7 Å². The fourth-order valence-electron chi connectivity index (χ4n) is 1.95. The van der Waals surface area contributed by atoms with Crippen molar-refractivity contribution in [3.8, 4) is 0 Å². The van der Waals surface area contributed by atoms with Gasteiger partial charge in [-0.1, -0.05) is 0 Å². The first-order valence-electron chi connectivity index (χ1n) is 5.96. The number of halogens is 3. The van der Waals surface area contributed by atoms with Crippen LogP contribution in [0, 0.1) is 0 Å². The van der Waals surface area contributed by atoms with Crippen LogP contribution in [0.2, 0.25) is 0 Å². The number of alkyl halides is 3. The lowest BCUT2D eigenvalue weighted by Crippen LogP contribution is -2.60. The molecule has 0 spiro atoms. The quantitative estimate of drug-likeness (QED) is 0.849. The maximum atomic E-state index is 12.4. The minimum atomic E-state index is -4.65. The highest BCUT2D eigenvalue weighted by atomic mass is 19.4. The summed E-state index contributed by atoms with van der Waals surface area (Å²) in [5.41, 5.74) is -0.780. The van der Waals surface area contributed by atoms with Crippen LogP contribution in [0.25, 0.3) is 0 Å². The number of carboxylic acids is 1. The Balaban J connectivity index is 2.88. The fourth-order valence-corrected chi connectivity index (χ4v) is 1.95. The molecule has 1 heterocycles. The van der Waals surface area contributed by atoms with E-state index < -0.39 is 36.8 Å². The first-order chi connectivity index (χ1) is 9.03. The Morgan fingerprint density at radius 2 is 2.00 bits per heavy atom. The molecule has 1 aliphatic rings. The number of rotatable bonds is 3. The largest absolute Gasteiger partial charge is 0.480 e. The number of urea groups is 1. The molecule has 1 saturated heterocycles. The highest BCUT2D eigenvalue weighted by Crippen LogP contribution is 2.23. The lowest BCUT2D eigenvalue weighted by atomic mass is 10.0. The molecule has 0 saturated carbocycles. The van der Waals surface area contributed by atoms with Crippen LogP contribution in [0.4, 0.5) is 18.0 Å². The van der Waals surface area contributed by atoms with Gasteiger partial charge in [0.1, 0.15) is 13.1 Å². The van der Waals surface area contributed by atoms with Gasteiger partial charge < -0.3 is 19.6 Å². The number of nitrogens with zero attached hydrogens (tertiary/aromatic N) is 2. The molecule has 116 valence electrons. The van der Waals surface area contributed by atoms with Crippen molar-refractivity contribution in [3.63, 3.8) is 0 Å². The zero-order chi connectivity index (χ0) is 15.6. The number of hydrogen-bond acceptors (Lipinski definition) is 3. The van der Waals surface area contributed by atoms with Gasteiger partial charge in [-0.2, -0.15) is 13.2 Å². The number of aliphatic carboxylic acids is 1. The third-order valence-electron chi connectivity index (χ3n) is 2.84. The van der Waals surface area contributed by atoms with Gasteiger partial charge in [0.25, 0.3) is 0 Å². The van der Waals surface area contributed by atoms with Crippen LogP contribution in [0.15, 0.2) is 0 Å². The number of carboxylic acid groups (broad SMARTS) is 1. The van der Waals surface area contributed by atoms with Crippen LogP contribution in [0.5, 0.6) is 0 Å². The van der Waals surface area contributed by atoms with Gasteiger partial charge in [-0.3, -0.25) is 4.79 Å². The molecule has 6 nitrogen and oxygen atoms in total. The van der Waals surface area contributed by atoms with Gasteiger partial charge in [-0.05, 0) is 13.8 Å². The van der Waals surface area contributed by atoms with Crippen LogP contribution in [-0.4, -0.2) is 71.5 Å². The summed E-state index contributed by atoms with van der Waals surface area (Å²) in [4.78, 5) is 24.3. The minimum absolute atomic E-state index is 0.125. The predicted molar refractivity (Wildman–Crippen MR) is 62.3 cm³/mol. The van der Waals surface area contributed by atoms with Crippen molar-refractivity contribution in [2.75, 3.05) is 32.8 Å². The summed E-state index contributed by atoms with van der Waals surface area (Å²) in [7, 11) is 0. The maximum absolute atomic E-state index is 12.4. The lowest BCUT2D eigenvalue weighted by Gasteiger charge is -2.44. The molecule has 0 aromatic carbocycles. The third kappa shape index (κ3) is 4.55. The van der Waals surface area contributed by atoms with E-state index in [0.29, 0.717) is 0 Å². The van der Waals surface area contributed by atoms with E-state index in [9.17, 15) is 22.8 Å². The average Bonchev–Trinajstić information content (AvgIpc) is 2.24. The molecule has 20 heavy (non-hydrogen) atoms. The smallest absolute Gasteiger partial charge is 0.406 e. The molecular weight excluding hydrogens is 281 g/mol. The third-order valence-corrected chi connectivity index (χ3v) is 2.84. The standard InChI is InChI=1S/C11H17F3N2O4/c1-10(2)7-20-4-3-16(10)9(19)15(5-8(17)18)6-11(12,13)14/h3-7H2,1-2H3,(H,17,18). The summed E-state index contributed by atoms with van der Waals surface area (Å²) in [6.07, 6.45) is -4.65. The average molecular weight is 298 g/mol. The van der Waals surface area contributed by atoms with Gasteiger partial charge in [-0.25, -0.2) is 4.79 Å². The molecule has 1 N–H and O–H groups in total. The van der Waals surface area contributed by atoms with Gasteiger partial charge in [0, 0.05) is 6.54 Å². The molecule has 0 aromatic rings. The number of carbonyl (C=O) groups excluding carboxylic acids is 1. The molecule has 9 heteroatoms. The van der Waals surface area contributed by atoms with Crippen molar-refractivity contribution in [1.29, 1.82) is 0 Å². The number of ether oxygens (including phenoxy) is 1. The van der Waals surface area contributed by atoms with Crippen LogP contribution in [0.1, 0.15) is 13.8 Å². The Morgan fingerprint density at radius 1 is 1.40 bits per heavy atom. The second-order valence-electron chi connectivity index (χ2n) is 5.16. The van der Waals surface area contributed by atoms with Crippen molar-refractivity contribution in [1.82, 2.24) is 9.80 Å². The second-order valence-corrected chi connectivity index (χ2v) is 5.16. The molecule has 0 unspecified atom stereocenters. The molecule has 1 rings (SSSR count). The summed E-state index contributed by atoms with van der Waals surface area (Å²) in [6.45, 7) is 1.23. The van der Waals surface area contributed by atoms with Crippen LogP contribution in [0.3, 0.4) is 0 Å². The molecule has 0 aromatic heterocycles. The summed E-state index contributed by atoms with van der Waals surface area (Å²) in [5, 5.41) is 8.65. The molecule has 2 amide bonds. The van der Waals surface area contributed by atoms with E-state index in [2.05, 4.69) is 0 Å². The summed E-state index contributed by atoms with van der Waals surface area (Å²) in [6, 6.07) is -0.946. The molecule has 1 fully saturated rings. The van der Waals surface area contributed by atoms with Crippen molar-refractivity contribution >= 4 is 12.0 Å². The maximum Gasteiger partial charge on any atom is 0.406 e. The van der Waals surface area contributed by atoms with Crippen molar-refractivity contribution in [3.05, 3.63) is 0 Å². The monoisotopic (exact) mass is 298 g/mol. The second kappa shape index (κ2) is 5.86. The highest BCUT2D eigenvalue weighted by molar-refractivity contribution is 5.80. The molecule has 0 radical (unpaired) electrons. The molecule has 1 aliphatic heterocycles. The predicted octanol–water partition coefficient (Wildman–Crippen LogP) is 1.17. The van der Waals surface area contributed by atoms with Gasteiger partial charge >= 0.3 is 18.2 Å². The van der Waals surface area contributed by atoms with E-state index in [1.165, 1.54) is 4.90 Å². The molecule has 0 bridgehead atoms. The Kier molecular flexibility index (Phi) is 4.85. The van der Waals surface area contributed by atoms with Gasteiger partial charge in [0.2, 0.25) is 0 Å². The van der Waals surface area contributed by atoms with E-state index in [1.54, 1.807) is 13.8 Å². The SMILES string of the molecule is CC1(C)COCCN1C(=O)N(CC(=O)O)CC(F)(F)F. The van der Waals surface area contributed by atoms with Crippen molar-refractivity contribution in [2.24, 2.45) is 0 Å². The summed E-state index contributed by atoms with van der Waals surface area (Å²) in [5.74, 6) is -1.49. The van der Waals surface area contributed by atoms with Crippen molar-refractivity contribution < 1.29 is 32.6 Å². The van der Waals surface area contributed by atoms with Crippen LogP contribution >= 0.6 is 0 Å². The van der Waals surface area contributed by atoms with Gasteiger partial charge in [0.15, 0.2) is 0 Å². The summed E-state index contributed by atoms with van der Waals surface area (Å²) >= 11 is 0. The first kappa shape index (κ1) is 16.5. The lowest BCUT2D eigenvalue weighted by molar-refractivity contribution is -0.151. The molecule has 0 aliphatic carbocycles. The van der Waals surface area contributed by atoms with E-state index in [1.807, 2.05) is 0 Å². The Morgan fingerprint density at radius 3 is 2.45 bits per heavy atom. The minimum Gasteiger partial charge on any atom is -0.480 e. The van der Waals surface area contributed by atoms with E-state index in [4.69, 9.17) is 9.84 Å².